The maximum absolute atomic E-state index is 12.2. The van der Waals surface area contributed by atoms with Crippen molar-refractivity contribution in [1.29, 1.82) is 0 Å². The van der Waals surface area contributed by atoms with Crippen LogP contribution in [0.1, 0.15) is 42.9 Å². The van der Waals surface area contributed by atoms with Crippen LogP contribution in [0.2, 0.25) is 0 Å². The smallest absolute Gasteiger partial charge is 0.339 e. The number of benzene rings is 2. The van der Waals surface area contributed by atoms with Crippen LogP contribution in [-0.4, -0.2) is 12.5 Å². The van der Waals surface area contributed by atoms with Crippen LogP contribution in [0, 0.1) is 0 Å². The fraction of sp³-hybridized carbons (Fsp3) is 0.304. The van der Waals surface area contributed by atoms with Crippen LogP contribution in [0.3, 0.4) is 0 Å². The summed E-state index contributed by atoms with van der Waals surface area (Å²) in [4.78, 5) is 24.3. The zero-order chi connectivity index (χ0) is 19.7. The second kappa shape index (κ2) is 7.50. The highest BCUT2D eigenvalue weighted by Gasteiger charge is 2.19. The Labute approximate surface area is 163 Å². The zero-order valence-electron chi connectivity index (χ0n) is 16.1. The first-order chi connectivity index (χ1) is 13.5. The van der Waals surface area contributed by atoms with Crippen molar-refractivity contribution < 1.29 is 13.9 Å². The Morgan fingerprint density at radius 2 is 1.86 bits per heavy atom. The van der Waals surface area contributed by atoms with Gasteiger partial charge < -0.3 is 14.5 Å². The molecule has 1 aromatic heterocycles. The molecule has 4 rings (SSSR count). The third-order valence-corrected chi connectivity index (χ3v) is 5.18. The Bertz CT molecular complexity index is 1080. The fourth-order valence-corrected chi connectivity index (χ4v) is 3.65. The summed E-state index contributed by atoms with van der Waals surface area (Å²) in [5, 5.41) is 3.77. The van der Waals surface area contributed by atoms with Crippen molar-refractivity contribution in [3.05, 3.63) is 69.6 Å². The van der Waals surface area contributed by atoms with Crippen molar-refractivity contribution >= 4 is 22.6 Å². The lowest BCUT2D eigenvalue weighted by Crippen LogP contribution is -2.20. The van der Waals surface area contributed by atoms with Gasteiger partial charge in [-0.25, -0.2) is 4.79 Å². The summed E-state index contributed by atoms with van der Waals surface area (Å²) in [6.45, 7) is 4.13. The van der Waals surface area contributed by atoms with Gasteiger partial charge in [-0.3, -0.25) is 4.79 Å². The number of carbonyl (C=O) groups excluding carboxylic acids is 1. The number of hydrogen-bond donors (Lipinski definition) is 1. The number of ether oxygens (including phenoxy) is 1. The predicted octanol–water partition coefficient (Wildman–Crippen LogP) is 4.42. The molecule has 144 valence electrons. The monoisotopic (exact) mass is 377 g/mol. The molecule has 0 saturated carbocycles. The lowest BCUT2D eigenvalue weighted by atomic mass is 10.0. The molecule has 0 aliphatic heterocycles. The molecular weight excluding hydrogens is 354 g/mol. The number of nitrogens with one attached hydrogen (secondary N) is 1. The van der Waals surface area contributed by atoms with Crippen LogP contribution >= 0.6 is 0 Å². The summed E-state index contributed by atoms with van der Waals surface area (Å²) in [6.07, 6.45) is 2.66. The largest absolute Gasteiger partial charge is 0.484 e. The maximum atomic E-state index is 12.2. The normalized spacial score (nSPS) is 13.0. The van der Waals surface area contributed by atoms with E-state index in [4.69, 9.17) is 9.15 Å². The lowest BCUT2D eigenvalue weighted by molar-refractivity contribution is -0.118. The molecule has 0 bridgehead atoms. The Balaban J connectivity index is 1.43. The molecule has 5 heteroatoms. The Morgan fingerprint density at radius 3 is 2.61 bits per heavy atom. The first kappa shape index (κ1) is 18.3. The van der Waals surface area contributed by atoms with Crippen molar-refractivity contribution in [2.75, 3.05) is 11.9 Å². The van der Waals surface area contributed by atoms with E-state index >= 15 is 0 Å². The van der Waals surface area contributed by atoms with E-state index in [2.05, 4.69) is 19.2 Å². The highest BCUT2D eigenvalue weighted by Crippen LogP contribution is 2.29. The van der Waals surface area contributed by atoms with Gasteiger partial charge in [0.2, 0.25) is 0 Å². The van der Waals surface area contributed by atoms with Crippen LogP contribution in [0.25, 0.3) is 11.0 Å². The van der Waals surface area contributed by atoms with Crippen molar-refractivity contribution in [2.45, 2.75) is 39.0 Å². The number of aryl methyl sites for hydroxylation is 1. The van der Waals surface area contributed by atoms with Crippen LogP contribution in [-0.2, 0) is 17.6 Å². The number of carbonyl (C=O) groups is 1. The molecule has 0 fully saturated rings. The Morgan fingerprint density at radius 1 is 1.11 bits per heavy atom. The second-order valence-electron chi connectivity index (χ2n) is 7.47. The SMILES string of the molecule is CC(C)c1ccc(NC(=O)COc2ccc3c4c(c(=O)oc3c2)CCC4)cc1. The van der Waals surface area contributed by atoms with Gasteiger partial charge in [-0.15, -0.1) is 0 Å². The average Bonchev–Trinajstić information content (AvgIpc) is 3.17. The lowest BCUT2D eigenvalue weighted by Gasteiger charge is -2.10. The van der Waals surface area contributed by atoms with Crippen molar-refractivity contribution in [3.63, 3.8) is 0 Å². The van der Waals surface area contributed by atoms with E-state index in [0.717, 1.165) is 41.5 Å². The third kappa shape index (κ3) is 3.65. The van der Waals surface area contributed by atoms with Gasteiger partial charge in [0.1, 0.15) is 11.3 Å². The van der Waals surface area contributed by atoms with Crippen molar-refractivity contribution in [1.82, 2.24) is 0 Å². The fourth-order valence-electron chi connectivity index (χ4n) is 3.65. The van der Waals surface area contributed by atoms with E-state index in [0.29, 0.717) is 17.3 Å². The summed E-state index contributed by atoms with van der Waals surface area (Å²) in [5.41, 5.74) is 4.08. The molecule has 0 spiro atoms. The molecular formula is C23H23NO4. The van der Waals surface area contributed by atoms with E-state index in [1.807, 2.05) is 36.4 Å². The highest BCUT2D eigenvalue weighted by molar-refractivity contribution is 5.92. The number of fused-ring (bicyclic) bond motifs is 3. The molecule has 5 nitrogen and oxygen atoms in total. The molecule has 1 amide bonds. The van der Waals surface area contributed by atoms with Crippen LogP contribution in [0.4, 0.5) is 5.69 Å². The minimum Gasteiger partial charge on any atom is -0.484 e. The molecule has 1 aliphatic rings. The highest BCUT2D eigenvalue weighted by atomic mass is 16.5. The summed E-state index contributed by atoms with van der Waals surface area (Å²) in [5.74, 6) is 0.703. The van der Waals surface area contributed by atoms with E-state index in [1.54, 1.807) is 6.07 Å². The molecule has 0 atom stereocenters. The number of amides is 1. The molecule has 3 aromatic rings. The maximum Gasteiger partial charge on any atom is 0.339 e. The molecule has 1 heterocycles. The summed E-state index contributed by atoms with van der Waals surface area (Å²) < 4.78 is 11.0. The van der Waals surface area contributed by atoms with Gasteiger partial charge in [0, 0.05) is 22.7 Å². The summed E-state index contributed by atoms with van der Waals surface area (Å²) >= 11 is 0. The quantitative estimate of drug-likeness (QED) is 0.668. The van der Waals surface area contributed by atoms with Gasteiger partial charge in [-0.05, 0) is 60.6 Å². The van der Waals surface area contributed by atoms with Crippen LogP contribution < -0.4 is 15.7 Å². The van der Waals surface area contributed by atoms with Crippen LogP contribution in [0.5, 0.6) is 5.75 Å². The van der Waals surface area contributed by atoms with E-state index in [9.17, 15) is 9.59 Å². The summed E-state index contributed by atoms with van der Waals surface area (Å²) in [7, 11) is 0. The minimum absolute atomic E-state index is 0.118. The van der Waals surface area contributed by atoms with Crippen molar-refractivity contribution in [2.24, 2.45) is 0 Å². The first-order valence-corrected chi connectivity index (χ1v) is 9.62. The van der Waals surface area contributed by atoms with Gasteiger partial charge in [0.15, 0.2) is 6.61 Å². The molecule has 0 radical (unpaired) electrons. The number of hydrogen-bond acceptors (Lipinski definition) is 4. The molecule has 0 unspecified atom stereocenters. The molecule has 1 N–H and O–H groups in total. The van der Waals surface area contributed by atoms with Crippen molar-refractivity contribution in [3.8, 4) is 5.75 Å². The van der Waals surface area contributed by atoms with Gasteiger partial charge in [-0.1, -0.05) is 26.0 Å². The predicted molar refractivity (Wildman–Crippen MR) is 109 cm³/mol. The van der Waals surface area contributed by atoms with Crippen LogP contribution in [0.15, 0.2) is 51.7 Å². The first-order valence-electron chi connectivity index (χ1n) is 9.62. The van der Waals surface area contributed by atoms with Gasteiger partial charge in [-0.2, -0.15) is 0 Å². The molecule has 28 heavy (non-hydrogen) atoms. The second-order valence-corrected chi connectivity index (χ2v) is 7.47. The molecule has 0 saturated heterocycles. The van der Waals surface area contributed by atoms with Gasteiger partial charge in [0.25, 0.3) is 5.91 Å². The Hall–Kier alpha value is -3.08. The topological polar surface area (TPSA) is 68.5 Å². The molecule has 2 aromatic carbocycles. The van der Waals surface area contributed by atoms with E-state index < -0.39 is 0 Å². The van der Waals surface area contributed by atoms with E-state index in [-0.39, 0.29) is 18.1 Å². The number of rotatable bonds is 5. The Kier molecular flexibility index (Phi) is 4.90. The minimum atomic E-state index is -0.264. The third-order valence-electron chi connectivity index (χ3n) is 5.18. The number of anilines is 1. The summed E-state index contributed by atoms with van der Waals surface area (Å²) in [6, 6.07) is 13.2. The standard InChI is InChI=1S/C23H23NO4/c1-14(2)15-6-8-16(9-7-15)24-22(25)13-27-17-10-11-19-18-4-3-5-20(18)23(26)28-21(19)12-17/h6-12,14H,3-5,13H2,1-2H3,(H,24,25). The average molecular weight is 377 g/mol. The van der Waals surface area contributed by atoms with Gasteiger partial charge >= 0.3 is 5.63 Å². The van der Waals surface area contributed by atoms with E-state index in [1.165, 1.54) is 5.56 Å². The molecule has 1 aliphatic carbocycles. The van der Waals surface area contributed by atoms with Gasteiger partial charge in [0.05, 0.1) is 0 Å². The zero-order valence-corrected chi connectivity index (χ0v) is 16.1.